The molecule has 0 saturated heterocycles. The fraction of sp³-hybridized carbons (Fsp3) is 0.0857. The van der Waals surface area contributed by atoms with Crippen molar-refractivity contribution in [3.05, 3.63) is 123 Å². The fourth-order valence-electron chi connectivity index (χ4n) is 4.38. The summed E-state index contributed by atoms with van der Waals surface area (Å²) in [6.45, 7) is 1.76. The maximum atomic E-state index is 13.6. The van der Waals surface area contributed by atoms with Crippen molar-refractivity contribution in [2.45, 2.75) is 17.1 Å². The quantitative estimate of drug-likeness (QED) is 0.0798. The van der Waals surface area contributed by atoms with Crippen LogP contribution in [-0.2, 0) is 9.59 Å². The molecule has 0 radical (unpaired) electrons. The van der Waals surface area contributed by atoms with E-state index in [9.17, 15) is 19.5 Å². The molecule has 4 aromatic carbocycles. The Bertz CT molecular complexity index is 2000. The van der Waals surface area contributed by atoms with E-state index in [1.54, 1.807) is 85.1 Å². The number of carbonyl (C=O) groups excluding carboxylic acids is 3. The molecule has 0 fully saturated rings. The van der Waals surface area contributed by atoms with Crippen molar-refractivity contribution in [2.24, 2.45) is 0 Å². The molecule has 0 aliphatic rings. The third kappa shape index (κ3) is 8.96. The summed E-state index contributed by atoms with van der Waals surface area (Å²) in [6.07, 6.45) is 1.46. The molecule has 4 N–H and O–H groups in total. The van der Waals surface area contributed by atoms with Crippen LogP contribution in [0.5, 0.6) is 11.5 Å². The highest BCUT2D eigenvalue weighted by Crippen LogP contribution is 2.33. The van der Waals surface area contributed by atoms with Gasteiger partial charge in [0.25, 0.3) is 11.8 Å². The monoisotopic (exact) mass is 718 g/mol. The Morgan fingerprint density at radius 3 is 2.50 bits per heavy atom. The molecule has 0 spiro atoms. The zero-order valence-corrected chi connectivity index (χ0v) is 28.6. The number of carbonyl (C=O) groups is 3. The average molecular weight is 720 g/mol. The van der Waals surface area contributed by atoms with Gasteiger partial charge in [-0.2, -0.15) is 0 Å². The van der Waals surface area contributed by atoms with Crippen LogP contribution in [0.2, 0.25) is 10.0 Å². The minimum absolute atomic E-state index is 0.0141. The molecular formula is C35H28Cl2N4O5S2. The first kappa shape index (κ1) is 34.5. The van der Waals surface area contributed by atoms with Gasteiger partial charge in [-0.05, 0) is 73.7 Å². The van der Waals surface area contributed by atoms with Crippen LogP contribution < -0.4 is 20.7 Å². The summed E-state index contributed by atoms with van der Waals surface area (Å²) < 4.78 is 5.36. The van der Waals surface area contributed by atoms with Gasteiger partial charge in [-0.1, -0.05) is 47.5 Å². The van der Waals surface area contributed by atoms with E-state index in [1.807, 2.05) is 6.07 Å². The third-order valence-corrected chi connectivity index (χ3v) is 9.16. The Hall–Kier alpha value is -4.81. The van der Waals surface area contributed by atoms with E-state index in [-0.39, 0.29) is 17.4 Å². The van der Waals surface area contributed by atoms with Crippen LogP contribution in [0.25, 0.3) is 17.3 Å². The lowest BCUT2D eigenvalue weighted by atomic mass is 10.1. The standard InChI is InChI=1S/C35H28Cl2N4O5S2/c1-20(32(43)41-35-40-30(19-47-35)27-14-12-23(36)16-28(27)37)48-26-10-6-9-24(17-26)38-34(45)29(39-33(44)21-7-4-3-5-8-21)15-22-11-13-25(42)18-31(22)46-2/h3-20,42H,1-2H3,(H,38,45)(H,39,44)(H,40,41,43)/b29-15+. The first-order valence-electron chi connectivity index (χ1n) is 14.3. The Morgan fingerprint density at radius 2 is 1.75 bits per heavy atom. The number of hydrogen-bond donors (Lipinski definition) is 4. The van der Waals surface area contributed by atoms with Crippen LogP contribution in [-0.4, -0.2) is 40.2 Å². The summed E-state index contributed by atoms with van der Waals surface area (Å²) in [5, 5.41) is 20.9. The Labute approximate surface area is 295 Å². The number of phenols is 1. The molecule has 0 aliphatic carbocycles. The number of aromatic hydroxyl groups is 1. The van der Waals surface area contributed by atoms with Crippen LogP contribution in [0.3, 0.4) is 0 Å². The number of nitrogens with zero attached hydrogens (tertiary/aromatic N) is 1. The minimum atomic E-state index is -0.595. The third-order valence-electron chi connectivity index (χ3n) is 6.76. The zero-order chi connectivity index (χ0) is 34.2. The number of anilines is 2. The van der Waals surface area contributed by atoms with Gasteiger partial charge < -0.3 is 25.8 Å². The van der Waals surface area contributed by atoms with Crippen LogP contribution in [0.1, 0.15) is 22.8 Å². The second-order valence-corrected chi connectivity index (χ2v) is 13.3. The van der Waals surface area contributed by atoms with Gasteiger partial charge in [0.1, 0.15) is 17.2 Å². The minimum Gasteiger partial charge on any atom is -0.508 e. The van der Waals surface area contributed by atoms with E-state index >= 15 is 0 Å². The molecule has 244 valence electrons. The molecule has 1 heterocycles. The van der Waals surface area contributed by atoms with Crippen molar-refractivity contribution in [2.75, 3.05) is 17.7 Å². The van der Waals surface area contributed by atoms with Gasteiger partial charge in [-0.25, -0.2) is 4.98 Å². The molecule has 3 amide bonds. The molecule has 9 nitrogen and oxygen atoms in total. The van der Waals surface area contributed by atoms with Gasteiger partial charge >= 0.3 is 0 Å². The number of benzene rings is 4. The Morgan fingerprint density at radius 1 is 0.958 bits per heavy atom. The van der Waals surface area contributed by atoms with Gasteiger partial charge in [0, 0.05) is 43.7 Å². The number of hydrogen-bond acceptors (Lipinski definition) is 8. The van der Waals surface area contributed by atoms with Gasteiger partial charge in [0.2, 0.25) is 5.91 Å². The zero-order valence-electron chi connectivity index (χ0n) is 25.5. The van der Waals surface area contributed by atoms with Crippen molar-refractivity contribution < 1.29 is 24.2 Å². The van der Waals surface area contributed by atoms with Gasteiger partial charge in [0.15, 0.2) is 5.13 Å². The molecule has 48 heavy (non-hydrogen) atoms. The van der Waals surface area contributed by atoms with Crippen LogP contribution in [0, 0.1) is 0 Å². The van der Waals surface area contributed by atoms with Crippen LogP contribution in [0.4, 0.5) is 10.8 Å². The highest BCUT2D eigenvalue weighted by molar-refractivity contribution is 8.00. The molecule has 13 heteroatoms. The molecule has 1 aromatic heterocycles. The molecule has 1 atom stereocenters. The summed E-state index contributed by atoms with van der Waals surface area (Å²) >= 11 is 14.9. The van der Waals surface area contributed by atoms with Gasteiger partial charge in [0.05, 0.1) is 23.1 Å². The van der Waals surface area contributed by atoms with Crippen molar-refractivity contribution in [1.82, 2.24) is 10.3 Å². The number of methoxy groups -OCH3 is 1. The lowest BCUT2D eigenvalue weighted by Gasteiger charge is -2.14. The first-order valence-corrected chi connectivity index (χ1v) is 16.9. The predicted molar refractivity (Wildman–Crippen MR) is 193 cm³/mol. The largest absolute Gasteiger partial charge is 0.508 e. The van der Waals surface area contributed by atoms with Crippen molar-refractivity contribution >= 4 is 80.9 Å². The number of phenolic OH excluding ortho intramolecular Hbond substituents is 1. The summed E-state index contributed by atoms with van der Waals surface area (Å²) in [6, 6.07) is 25.0. The second-order valence-electron chi connectivity index (χ2n) is 10.2. The molecule has 0 aliphatic heterocycles. The topological polar surface area (TPSA) is 130 Å². The van der Waals surface area contributed by atoms with E-state index in [1.165, 1.54) is 48.4 Å². The van der Waals surface area contributed by atoms with E-state index in [4.69, 9.17) is 27.9 Å². The first-order chi connectivity index (χ1) is 23.1. The number of aromatic nitrogens is 1. The molecular weight excluding hydrogens is 691 g/mol. The molecule has 1 unspecified atom stereocenters. The maximum absolute atomic E-state index is 13.6. The summed E-state index contributed by atoms with van der Waals surface area (Å²) in [5.74, 6) is -1.04. The normalized spacial score (nSPS) is 11.8. The van der Waals surface area contributed by atoms with E-state index in [0.29, 0.717) is 49.0 Å². The number of thiazole rings is 1. The number of ether oxygens (including phenoxy) is 1. The number of nitrogens with one attached hydrogen (secondary N) is 3. The lowest BCUT2D eigenvalue weighted by molar-refractivity contribution is -0.115. The maximum Gasteiger partial charge on any atom is 0.272 e. The van der Waals surface area contributed by atoms with Crippen LogP contribution in [0.15, 0.2) is 107 Å². The van der Waals surface area contributed by atoms with Crippen LogP contribution >= 0.6 is 46.3 Å². The molecule has 5 aromatic rings. The molecule has 0 bridgehead atoms. The lowest BCUT2D eigenvalue weighted by Crippen LogP contribution is -2.30. The van der Waals surface area contributed by atoms with E-state index in [2.05, 4.69) is 20.9 Å². The van der Waals surface area contributed by atoms with Gasteiger partial charge in [-0.3, -0.25) is 14.4 Å². The highest BCUT2D eigenvalue weighted by atomic mass is 35.5. The van der Waals surface area contributed by atoms with E-state index < -0.39 is 17.1 Å². The highest BCUT2D eigenvalue weighted by Gasteiger charge is 2.19. The second kappa shape index (κ2) is 15.9. The van der Waals surface area contributed by atoms with Crippen molar-refractivity contribution in [1.29, 1.82) is 0 Å². The van der Waals surface area contributed by atoms with E-state index in [0.717, 1.165) is 4.90 Å². The summed E-state index contributed by atoms with van der Waals surface area (Å²) in [7, 11) is 1.43. The Balaban J connectivity index is 1.28. The Kier molecular flexibility index (Phi) is 11.4. The summed E-state index contributed by atoms with van der Waals surface area (Å²) in [4.78, 5) is 44.8. The molecule has 5 rings (SSSR count). The summed E-state index contributed by atoms with van der Waals surface area (Å²) in [5.41, 5.74) is 2.54. The number of amides is 3. The number of thioether (sulfide) groups is 1. The van der Waals surface area contributed by atoms with Gasteiger partial charge in [-0.15, -0.1) is 23.1 Å². The predicted octanol–water partition coefficient (Wildman–Crippen LogP) is 8.36. The smallest absolute Gasteiger partial charge is 0.272 e. The van der Waals surface area contributed by atoms with Crippen molar-refractivity contribution in [3.63, 3.8) is 0 Å². The number of halogens is 2. The molecule has 0 saturated carbocycles. The number of rotatable bonds is 11. The van der Waals surface area contributed by atoms with Crippen molar-refractivity contribution in [3.8, 4) is 22.8 Å². The average Bonchev–Trinajstić information content (AvgIpc) is 3.53. The SMILES string of the molecule is COc1cc(O)ccc1/C=C(/NC(=O)c1ccccc1)C(=O)Nc1cccc(SC(C)C(=O)Nc2nc(-c3ccc(Cl)cc3Cl)cs2)c1. The fourth-order valence-corrected chi connectivity index (χ4v) is 6.52.